The van der Waals surface area contributed by atoms with Crippen LogP contribution >= 0.6 is 34.8 Å². The summed E-state index contributed by atoms with van der Waals surface area (Å²) in [6.07, 6.45) is 5.01. The Labute approximate surface area is 123 Å². The minimum Gasteiger partial charge on any atom is -0.355 e. The number of rotatable bonds is 2. The van der Waals surface area contributed by atoms with Gasteiger partial charge in [-0.2, -0.15) is 0 Å². The normalized spacial score (nSPS) is 24.1. The van der Waals surface area contributed by atoms with Crippen LogP contribution in [-0.4, -0.2) is 18.1 Å². The number of hydrogen-bond acceptors (Lipinski definition) is 2. The second-order valence-corrected chi connectivity index (χ2v) is 6.18. The lowest BCUT2D eigenvalue weighted by Gasteiger charge is -2.37. The van der Waals surface area contributed by atoms with Crippen molar-refractivity contribution in [1.29, 1.82) is 0 Å². The Kier molecular flexibility index (Phi) is 4.63. The predicted octanol–water partition coefficient (Wildman–Crippen LogP) is 5.06. The number of nitrogens with zero attached hydrogens (tertiary/aromatic N) is 2. The van der Waals surface area contributed by atoms with Crippen LogP contribution in [0.25, 0.3) is 0 Å². The molecule has 1 aliphatic carbocycles. The molecule has 1 saturated carbocycles. The minimum absolute atomic E-state index is 0.311. The number of anilines is 1. The molecule has 0 aliphatic heterocycles. The Balaban J connectivity index is 2.27. The van der Waals surface area contributed by atoms with Crippen LogP contribution in [0.5, 0.6) is 0 Å². The fourth-order valence-electron chi connectivity index (χ4n) is 2.71. The summed E-state index contributed by atoms with van der Waals surface area (Å²) in [7, 11) is 2.03. The highest BCUT2D eigenvalue weighted by atomic mass is 35.5. The summed E-state index contributed by atoms with van der Waals surface area (Å²) < 4.78 is 0. The average Bonchev–Trinajstić information content (AvgIpc) is 2.33. The van der Waals surface area contributed by atoms with Crippen LogP contribution in [0.2, 0.25) is 15.2 Å². The van der Waals surface area contributed by atoms with Crippen molar-refractivity contribution < 1.29 is 0 Å². The monoisotopic (exact) mass is 306 g/mol. The topological polar surface area (TPSA) is 16.1 Å². The van der Waals surface area contributed by atoms with Gasteiger partial charge in [-0.05, 0) is 24.8 Å². The van der Waals surface area contributed by atoms with Crippen molar-refractivity contribution in [1.82, 2.24) is 4.98 Å². The van der Waals surface area contributed by atoms with E-state index in [1.807, 2.05) is 7.05 Å². The van der Waals surface area contributed by atoms with Crippen molar-refractivity contribution in [3.8, 4) is 0 Å². The van der Waals surface area contributed by atoms with E-state index < -0.39 is 0 Å². The van der Waals surface area contributed by atoms with Gasteiger partial charge in [-0.3, -0.25) is 0 Å². The summed E-state index contributed by atoms with van der Waals surface area (Å²) in [5.41, 5.74) is 0. The SMILES string of the molecule is CC1CCCCC1N(C)c1nc(Cl)c(Cl)cc1Cl. The van der Waals surface area contributed by atoms with Gasteiger partial charge in [-0.15, -0.1) is 0 Å². The molecule has 2 atom stereocenters. The van der Waals surface area contributed by atoms with E-state index in [4.69, 9.17) is 34.8 Å². The van der Waals surface area contributed by atoms with Crippen LogP contribution < -0.4 is 4.90 Å². The first kappa shape index (κ1) is 14.2. The van der Waals surface area contributed by atoms with Crippen molar-refractivity contribution in [2.24, 2.45) is 5.92 Å². The first-order valence-corrected chi connectivity index (χ1v) is 7.38. The van der Waals surface area contributed by atoms with Gasteiger partial charge in [-0.25, -0.2) is 4.98 Å². The van der Waals surface area contributed by atoms with Crippen molar-refractivity contribution in [2.45, 2.75) is 38.6 Å². The number of hydrogen-bond donors (Lipinski definition) is 0. The lowest BCUT2D eigenvalue weighted by atomic mass is 9.85. The summed E-state index contributed by atoms with van der Waals surface area (Å²) in [5.74, 6) is 1.38. The van der Waals surface area contributed by atoms with E-state index in [-0.39, 0.29) is 0 Å². The first-order valence-electron chi connectivity index (χ1n) is 6.25. The van der Waals surface area contributed by atoms with E-state index in [1.54, 1.807) is 6.07 Å². The van der Waals surface area contributed by atoms with Crippen molar-refractivity contribution in [3.05, 3.63) is 21.3 Å². The fourth-order valence-corrected chi connectivity index (χ4v) is 3.34. The van der Waals surface area contributed by atoms with Gasteiger partial charge in [0.05, 0.1) is 10.0 Å². The van der Waals surface area contributed by atoms with Crippen LogP contribution in [0.15, 0.2) is 6.07 Å². The molecule has 2 unspecified atom stereocenters. The van der Waals surface area contributed by atoms with E-state index in [0.29, 0.717) is 27.2 Å². The van der Waals surface area contributed by atoms with Crippen LogP contribution in [-0.2, 0) is 0 Å². The molecule has 0 saturated heterocycles. The summed E-state index contributed by atoms with van der Waals surface area (Å²) in [6, 6.07) is 2.14. The maximum Gasteiger partial charge on any atom is 0.150 e. The number of halogens is 3. The quantitative estimate of drug-likeness (QED) is 0.710. The highest BCUT2D eigenvalue weighted by Crippen LogP contribution is 2.35. The third-order valence-corrected chi connectivity index (χ3v) is 4.72. The van der Waals surface area contributed by atoms with Gasteiger partial charge < -0.3 is 4.90 Å². The molecule has 1 heterocycles. The van der Waals surface area contributed by atoms with Gasteiger partial charge in [0, 0.05) is 13.1 Å². The highest BCUT2D eigenvalue weighted by Gasteiger charge is 2.27. The van der Waals surface area contributed by atoms with Gasteiger partial charge in [0.1, 0.15) is 11.0 Å². The zero-order chi connectivity index (χ0) is 13.3. The summed E-state index contributed by atoms with van der Waals surface area (Å²) in [5, 5.41) is 1.27. The van der Waals surface area contributed by atoms with Crippen molar-refractivity contribution in [3.63, 3.8) is 0 Å². The van der Waals surface area contributed by atoms with Crippen LogP contribution in [0.1, 0.15) is 32.6 Å². The molecular weight excluding hydrogens is 291 g/mol. The van der Waals surface area contributed by atoms with Crippen LogP contribution in [0.3, 0.4) is 0 Å². The van der Waals surface area contributed by atoms with Gasteiger partial charge in [0.25, 0.3) is 0 Å². The molecule has 18 heavy (non-hydrogen) atoms. The second kappa shape index (κ2) is 5.85. The average molecular weight is 308 g/mol. The van der Waals surface area contributed by atoms with E-state index in [9.17, 15) is 0 Å². The molecule has 1 aromatic heterocycles. The highest BCUT2D eigenvalue weighted by molar-refractivity contribution is 6.42. The summed E-state index contributed by atoms with van der Waals surface area (Å²) in [4.78, 5) is 6.46. The standard InChI is InChI=1S/C13H17Cl3N2/c1-8-5-3-4-6-11(8)18(2)13-10(15)7-9(14)12(16)17-13/h7-8,11H,3-6H2,1-2H3. The van der Waals surface area contributed by atoms with E-state index >= 15 is 0 Å². The van der Waals surface area contributed by atoms with Gasteiger partial charge in [0.2, 0.25) is 0 Å². The molecular formula is C13H17Cl3N2. The maximum atomic E-state index is 6.22. The second-order valence-electron chi connectivity index (χ2n) is 5.01. The largest absolute Gasteiger partial charge is 0.355 e. The molecule has 0 amide bonds. The van der Waals surface area contributed by atoms with Crippen LogP contribution in [0, 0.1) is 5.92 Å². The zero-order valence-corrected chi connectivity index (χ0v) is 12.9. The van der Waals surface area contributed by atoms with Crippen molar-refractivity contribution >= 4 is 40.6 Å². The molecule has 0 aromatic carbocycles. The molecule has 2 rings (SSSR count). The number of pyridine rings is 1. The Morgan fingerprint density at radius 1 is 1.17 bits per heavy atom. The third-order valence-electron chi connectivity index (χ3n) is 3.77. The molecule has 100 valence electrons. The molecule has 1 fully saturated rings. The summed E-state index contributed by atoms with van der Waals surface area (Å²) >= 11 is 18.1. The Bertz CT molecular complexity index is 436. The molecule has 0 bridgehead atoms. The lowest BCUT2D eigenvalue weighted by Crippen LogP contribution is -2.39. The van der Waals surface area contributed by atoms with Crippen LogP contribution in [0.4, 0.5) is 5.82 Å². The fraction of sp³-hybridized carbons (Fsp3) is 0.615. The van der Waals surface area contributed by atoms with Crippen molar-refractivity contribution in [2.75, 3.05) is 11.9 Å². The first-order chi connectivity index (χ1) is 8.50. The molecule has 0 spiro atoms. The minimum atomic E-state index is 0.311. The molecule has 5 heteroatoms. The van der Waals surface area contributed by atoms with Gasteiger partial charge in [0.15, 0.2) is 0 Å². The summed E-state index contributed by atoms with van der Waals surface area (Å²) in [6.45, 7) is 2.28. The molecule has 2 nitrogen and oxygen atoms in total. The Hall–Kier alpha value is -0.180. The lowest BCUT2D eigenvalue weighted by molar-refractivity contribution is 0.320. The van der Waals surface area contributed by atoms with E-state index in [0.717, 1.165) is 5.82 Å². The molecule has 0 N–H and O–H groups in total. The van der Waals surface area contributed by atoms with E-state index in [1.165, 1.54) is 25.7 Å². The zero-order valence-electron chi connectivity index (χ0n) is 10.6. The predicted molar refractivity (Wildman–Crippen MR) is 79.1 cm³/mol. The maximum absolute atomic E-state index is 6.22. The number of aromatic nitrogens is 1. The third kappa shape index (κ3) is 2.87. The molecule has 0 radical (unpaired) electrons. The molecule has 1 aromatic rings. The van der Waals surface area contributed by atoms with Gasteiger partial charge >= 0.3 is 0 Å². The Morgan fingerprint density at radius 3 is 2.50 bits per heavy atom. The smallest absolute Gasteiger partial charge is 0.150 e. The van der Waals surface area contributed by atoms with E-state index in [2.05, 4.69) is 16.8 Å². The Morgan fingerprint density at radius 2 is 1.83 bits per heavy atom. The molecule has 1 aliphatic rings. The van der Waals surface area contributed by atoms with Gasteiger partial charge in [-0.1, -0.05) is 54.6 Å².